The first kappa shape index (κ1) is 18.1. The third kappa shape index (κ3) is 4.26. The lowest BCUT2D eigenvalue weighted by Gasteiger charge is -2.32. The number of hydrogen-bond donors (Lipinski definition) is 0. The highest BCUT2D eigenvalue weighted by atomic mass is 19.1. The highest BCUT2D eigenvalue weighted by Crippen LogP contribution is 2.27. The highest BCUT2D eigenvalue weighted by molar-refractivity contribution is 5.84. The van der Waals surface area contributed by atoms with Crippen molar-refractivity contribution in [3.05, 3.63) is 71.3 Å². The first-order valence-electron chi connectivity index (χ1n) is 8.75. The van der Waals surface area contributed by atoms with Crippen molar-refractivity contribution in [1.29, 1.82) is 5.26 Å². The number of benzene rings is 2. The van der Waals surface area contributed by atoms with Crippen LogP contribution in [0.3, 0.4) is 0 Å². The third-order valence-corrected chi connectivity index (χ3v) is 4.91. The number of likely N-dealkylation sites (tertiary alicyclic amines) is 1. The van der Waals surface area contributed by atoms with Crippen molar-refractivity contribution in [1.82, 2.24) is 4.90 Å². The maximum Gasteiger partial charge on any atom is 0.230 e. The van der Waals surface area contributed by atoms with Gasteiger partial charge in [-0.3, -0.25) is 4.79 Å². The molecule has 0 N–H and O–H groups in total. The number of carbonyl (C=O) groups is 1. The van der Waals surface area contributed by atoms with Crippen molar-refractivity contribution >= 4 is 5.91 Å². The molecule has 1 amide bonds. The maximum atomic E-state index is 13.3. The van der Waals surface area contributed by atoms with Gasteiger partial charge in [-0.2, -0.15) is 5.26 Å². The second-order valence-corrected chi connectivity index (χ2v) is 6.66. The van der Waals surface area contributed by atoms with E-state index in [4.69, 9.17) is 5.26 Å². The Labute approximate surface area is 151 Å². The topological polar surface area (TPSA) is 44.1 Å². The van der Waals surface area contributed by atoms with Crippen molar-refractivity contribution in [2.75, 3.05) is 13.1 Å². The van der Waals surface area contributed by atoms with Gasteiger partial charge >= 0.3 is 0 Å². The van der Waals surface area contributed by atoms with E-state index in [1.807, 2.05) is 0 Å². The molecular weight excluding hydrogens is 334 g/mol. The van der Waals surface area contributed by atoms with Gasteiger partial charge in [0, 0.05) is 19.0 Å². The van der Waals surface area contributed by atoms with E-state index in [1.165, 1.54) is 24.3 Å². The standard InChI is InChI=1S/C21H20F2N2O/c22-18-5-1-15(2-6-18)13-20(17-3-7-19(23)8-4-17)21(26)25-11-9-16(14-24)10-12-25/h1-8,16,20H,9-13H2. The van der Waals surface area contributed by atoms with Crippen molar-refractivity contribution in [2.24, 2.45) is 5.92 Å². The summed E-state index contributed by atoms with van der Waals surface area (Å²) in [5.74, 6) is -1.16. The SMILES string of the molecule is N#CC1CCN(C(=O)C(Cc2ccc(F)cc2)c2ccc(F)cc2)CC1. The van der Waals surface area contributed by atoms with Gasteiger partial charge in [-0.25, -0.2) is 8.78 Å². The summed E-state index contributed by atoms with van der Waals surface area (Å²) in [4.78, 5) is 14.9. The molecule has 1 saturated heterocycles. The van der Waals surface area contributed by atoms with Crippen LogP contribution in [-0.4, -0.2) is 23.9 Å². The first-order valence-corrected chi connectivity index (χ1v) is 8.75. The number of piperidine rings is 1. The van der Waals surface area contributed by atoms with Crippen LogP contribution in [0.25, 0.3) is 0 Å². The number of carbonyl (C=O) groups excluding carboxylic acids is 1. The molecule has 2 aromatic rings. The van der Waals surface area contributed by atoms with Crippen molar-refractivity contribution in [3.8, 4) is 6.07 Å². The smallest absolute Gasteiger partial charge is 0.230 e. The molecule has 3 rings (SSSR count). The molecule has 0 spiro atoms. The molecular formula is C21H20F2N2O. The lowest BCUT2D eigenvalue weighted by Crippen LogP contribution is -2.41. The van der Waals surface area contributed by atoms with Gasteiger partial charge < -0.3 is 4.90 Å². The minimum Gasteiger partial charge on any atom is -0.342 e. The van der Waals surface area contributed by atoms with Crippen molar-refractivity contribution < 1.29 is 13.6 Å². The molecule has 3 nitrogen and oxygen atoms in total. The van der Waals surface area contributed by atoms with Crippen LogP contribution in [0.4, 0.5) is 8.78 Å². The Bertz CT molecular complexity index is 788. The number of rotatable bonds is 4. The van der Waals surface area contributed by atoms with E-state index in [1.54, 1.807) is 29.2 Å². The monoisotopic (exact) mass is 354 g/mol. The Hall–Kier alpha value is -2.74. The van der Waals surface area contributed by atoms with Crippen LogP contribution in [0.5, 0.6) is 0 Å². The minimum absolute atomic E-state index is 0.000389. The quantitative estimate of drug-likeness (QED) is 0.831. The molecule has 26 heavy (non-hydrogen) atoms. The normalized spacial score (nSPS) is 16.1. The second kappa shape index (κ2) is 8.09. The number of nitrogens with zero attached hydrogens (tertiary/aromatic N) is 2. The lowest BCUT2D eigenvalue weighted by molar-refractivity contribution is -0.134. The number of nitriles is 1. The molecule has 0 aromatic heterocycles. The van der Waals surface area contributed by atoms with Crippen LogP contribution in [-0.2, 0) is 11.2 Å². The van der Waals surface area contributed by atoms with Crippen LogP contribution in [0, 0.1) is 28.9 Å². The number of hydrogen-bond acceptors (Lipinski definition) is 2. The van der Waals surface area contributed by atoms with Crippen LogP contribution < -0.4 is 0 Å². The zero-order valence-corrected chi connectivity index (χ0v) is 14.4. The molecule has 2 aromatic carbocycles. The zero-order chi connectivity index (χ0) is 18.5. The predicted molar refractivity (Wildman–Crippen MR) is 94.2 cm³/mol. The predicted octanol–water partition coefficient (Wildman–Crippen LogP) is 4.05. The van der Waals surface area contributed by atoms with E-state index in [2.05, 4.69) is 6.07 Å². The fourth-order valence-electron chi connectivity index (χ4n) is 3.35. The van der Waals surface area contributed by atoms with Crippen LogP contribution in [0.2, 0.25) is 0 Å². The first-order chi connectivity index (χ1) is 12.6. The molecule has 1 atom stereocenters. The van der Waals surface area contributed by atoms with E-state index in [-0.39, 0.29) is 23.5 Å². The molecule has 1 unspecified atom stereocenters. The van der Waals surface area contributed by atoms with Crippen LogP contribution in [0.1, 0.15) is 29.9 Å². The van der Waals surface area contributed by atoms with Gasteiger partial charge in [0.15, 0.2) is 0 Å². The van der Waals surface area contributed by atoms with E-state index in [9.17, 15) is 13.6 Å². The molecule has 0 radical (unpaired) electrons. The van der Waals surface area contributed by atoms with Gasteiger partial charge in [-0.15, -0.1) is 0 Å². The fraction of sp³-hybridized carbons (Fsp3) is 0.333. The summed E-state index contributed by atoms with van der Waals surface area (Å²) in [5, 5.41) is 9.03. The highest BCUT2D eigenvalue weighted by Gasteiger charge is 2.29. The Morgan fingerprint density at radius 2 is 1.58 bits per heavy atom. The Balaban J connectivity index is 1.82. The molecule has 134 valence electrons. The van der Waals surface area contributed by atoms with E-state index in [0.29, 0.717) is 32.4 Å². The fourth-order valence-corrected chi connectivity index (χ4v) is 3.35. The molecule has 0 aliphatic carbocycles. The van der Waals surface area contributed by atoms with Gasteiger partial charge in [0.25, 0.3) is 0 Å². The second-order valence-electron chi connectivity index (χ2n) is 6.66. The average molecular weight is 354 g/mol. The molecule has 0 saturated carbocycles. The minimum atomic E-state index is -0.459. The summed E-state index contributed by atoms with van der Waals surface area (Å²) >= 11 is 0. The van der Waals surface area contributed by atoms with Gasteiger partial charge in [0.1, 0.15) is 11.6 Å². The molecule has 1 fully saturated rings. The third-order valence-electron chi connectivity index (χ3n) is 4.91. The van der Waals surface area contributed by atoms with E-state index < -0.39 is 5.92 Å². The summed E-state index contributed by atoms with van der Waals surface area (Å²) < 4.78 is 26.5. The van der Waals surface area contributed by atoms with Crippen LogP contribution >= 0.6 is 0 Å². The number of amides is 1. The largest absolute Gasteiger partial charge is 0.342 e. The number of halogens is 2. The Kier molecular flexibility index (Phi) is 5.62. The van der Waals surface area contributed by atoms with Crippen LogP contribution in [0.15, 0.2) is 48.5 Å². The summed E-state index contributed by atoms with van der Waals surface area (Å²) in [6.45, 7) is 1.11. The summed E-state index contributed by atoms with van der Waals surface area (Å²) in [6, 6.07) is 14.3. The summed E-state index contributed by atoms with van der Waals surface area (Å²) in [7, 11) is 0. The molecule has 1 aliphatic heterocycles. The van der Waals surface area contributed by atoms with E-state index >= 15 is 0 Å². The molecule has 1 heterocycles. The van der Waals surface area contributed by atoms with Gasteiger partial charge in [0.05, 0.1) is 12.0 Å². The molecule has 5 heteroatoms. The average Bonchev–Trinajstić information content (AvgIpc) is 2.68. The summed E-state index contributed by atoms with van der Waals surface area (Å²) in [6.07, 6.45) is 1.77. The Morgan fingerprint density at radius 3 is 2.12 bits per heavy atom. The van der Waals surface area contributed by atoms with Crippen molar-refractivity contribution in [3.63, 3.8) is 0 Å². The molecule has 0 bridgehead atoms. The lowest BCUT2D eigenvalue weighted by atomic mass is 9.89. The van der Waals surface area contributed by atoms with Gasteiger partial charge in [0.2, 0.25) is 5.91 Å². The van der Waals surface area contributed by atoms with Gasteiger partial charge in [-0.05, 0) is 54.7 Å². The maximum absolute atomic E-state index is 13.3. The van der Waals surface area contributed by atoms with Gasteiger partial charge in [-0.1, -0.05) is 24.3 Å². The Morgan fingerprint density at radius 1 is 1.04 bits per heavy atom. The zero-order valence-electron chi connectivity index (χ0n) is 14.4. The molecule has 1 aliphatic rings. The summed E-state index contributed by atoms with van der Waals surface area (Å²) in [5.41, 5.74) is 1.59. The van der Waals surface area contributed by atoms with E-state index in [0.717, 1.165) is 11.1 Å². The van der Waals surface area contributed by atoms with Crippen molar-refractivity contribution in [2.45, 2.75) is 25.2 Å².